The largest absolute Gasteiger partial charge is 0.323 e. The summed E-state index contributed by atoms with van der Waals surface area (Å²) in [5.74, 6) is 0. The molecule has 50 valence electrons. The molecule has 0 N–H and O–H groups in total. The van der Waals surface area contributed by atoms with Crippen LogP contribution in [0.1, 0.15) is 0 Å². The number of aromatic nitrogens is 1. The first-order chi connectivity index (χ1) is 4.86. The van der Waals surface area contributed by atoms with Crippen molar-refractivity contribution in [2.75, 3.05) is 0 Å². The second-order valence-corrected chi connectivity index (χ2v) is 3.11. The predicted molar refractivity (Wildman–Crippen MR) is 45.1 cm³/mol. The Bertz CT molecular complexity index is 318. The Morgan fingerprint density at radius 2 is 2.20 bits per heavy atom. The molecule has 0 aliphatic rings. The molecule has 0 bridgehead atoms. The van der Waals surface area contributed by atoms with Crippen LogP contribution in [0.25, 0.3) is 5.52 Å². The van der Waals surface area contributed by atoms with Gasteiger partial charge >= 0.3 is 0 Å². The smallest absolute Gasteiger partial charge is 0.0461 e. The molecule has 2 rings (SSSR count). The van der Waals surface area contributed by atoms with Crippen LogP contribution in [-0.2, 0) is 0 Å². The van der Waals surface area contributed by atoms with E-state index in [4.69, 9.17) is 0 Å². The lowest BCUT2D eigenvalue weighted by molar-refractivity contribution is 1.20. The van der Waals surface area contributed by atoms with Gasteiger partial charge in [0.25, 0.3) is 0 Å². The standard InChI is InChI=1S/C8H6BrN/c9-7-5-8-3-1-2-4-10(8)6-7/h1-6H. The van der Waals surface area contributed by atoms with Crippen LogP contribution in [0.2, 0.25) is 0 Å². The van der Waals surface area contributed by atoms with Crippen molar-refractivity contribution in [1.82, 2.24) is 4.40 Å². The lowest BCUT2D eigenvalue weighted by atomic mass is 10.4. The summed E-state index contributed by atoms with van der Waals surface area (Å²) in [4.78, 5) is 0. The number of halogens is 1. The third kappa shape index (κ3) is 0.847. The van der Waals surface area contributed by atoms with Gasteiger partial charge in [0.2, 0.25) is 0 Å². The second kappa shape index (κ2) is 2.13. The van der Waals surface area contributed by atoms with Gasteiger partial charge in [0.05, 0.1) is 0 Å². The number of pyridine rings is 1. The van der Waals surface area contributed by atoms with Gasteiger partial charge in [-0.05, 0) is 34.1 Å². The number of hydrogen-bond acceptors (Lipinski definition) is 0. The Hall–Kier alpha value is -0.760. The van der Waals surface area contributed by atoms with Crippen LogP contribution in [0.5, 0.6) is 0 Å². The highest BCUT2D eigenvalue weighted by molar-refractivity contribution is 9.10. The zero-order valence-corrected chi connectivity index (χ0v) is 6.88. The van der Waals surface area contributed by atoms with Crippen LogP contribution >= 0.6 is 15.9 Å². The Kier molecular flexibility index (Phi) is 1.27. The Morgan fingerprint density at radius 3 is 3.00 bits per heavy atom. The molecule has 2 heteroatoms. The summed E-state index contributed by atoms with van der Waals surface area (Å²) in [6, 6.07) is 8.20. The summed E-state index contributed by atoms with van der Waals surface area (Å²) >= 11 is 3.40. The van der Waals surface area contributed by atoms with Crippen LogP contribution in [0, 0.1) is 0 Å². The van der Waals surface area contributed by atoms with E-state index in [0.717, 1.165) is 4.47 Å². The van der Waals surface area contributed by atoms with Gasteiger partial charge in [-0.1, -0.05) is 6.07 Å². The quantitative estimate of drug-likeness (QED) is 0.610. The highest BCUT2D eigenvalue weighted by Crippen LogP contribution is 2.14. The number of rotatable bonds is 0. The van der Waals surface area contributed by atoms with Crippen molar-refractivity contribution < 1.29 is 0 Å². The second-order valence-electron chi connectivity index (χ2n) is 2.19. The molecular formula is C8H6BrN. The van der Waals surface area contributed by atoms with Gasteiger partial charge in [-0.3, -0.25) is 0 Å². The summed E-state index contributed by atoms with van der Waals surface area (Å²) in [7, 11) is 0. The summed E-state index contributed by atoms with van der Waals surface area (Å²) < 4.78 is 3.20. The topological polar surface area (TPSA) is 4.41 Å². The molecule has 0 saturated heterocycles. The predicted octanol–water partition coefficient (Wildman–Crippen LogP) is 2.70. The molecular weight excluding hydrogens is 190 g/mol. The van der Waals surface area contributed by atoms with Gasteiger partial charge in [-0.25, -0.2) is 0 Å². The molecule has 0 atom stereocenters. The molecule has 2 aromatic rings. The van der Waals surface area contributed by atoms with Crippen LogP contribution in [-0.4, -0.2) is 4.40 Å². The van der Waals surface area contributed by atoms with Crippen molar-refractivity contribution in [2.24, 2.45) is 0 Å². The molecule has 2 heterocycles. The molecule has 2 aromatic heterocycles. The maximum atomic E-state index is 3.40. The number of hydrogen-bond donors (Lipinski definition) is 0. The average Bonchev–Trinajstić information content (AvgIpc) is 2.27. The van der Waals surface area contributed by atoms with Crippen LogP contribution in [0.3, 0.4) is 0 Å². The van der Waals surface area contributed by atoms with Crippen LogP contribution < -0.4 is 0 Å². The van der Waals surface area contributed by atoms with Crippen molar-refractivity contribution in [1.29, 1.82) is 0 Å². The zero-order chi connectivity index (χ0) is 6.97. The lowest BCUT2D eigenvalue weighted by Crippen LogP contribution is -1.75. The van der Waals surface area contributed by atoms with E-state index < -0.39 is 0 Å². The van der Waals surface area contributed by atoms with Crippen molar-refractivity contribution in [3.05, 3.63) is 41.1 Å². The van der Waals surface area contributed by atoms with E-state index >= 15 is 0 Å². The molecule has 0 radical (unpaired) electrons. The monoisotopic (exact) mass is 195 g/mol. The van der Waals surface area contributed by atoms with Gasteiger partial charge in [0.1, 0.15) is 0 Å². The van der Waals surface area contributed by atoms with Gasteiger partial charge < -0.3 is 4.40 Å². The first-order valence-electron chi connectivity index (χ1n) is 3.08. The molecule has 0 saturated carbocycles. The van der Waals surface area contributed by atoms with Crippen molar-refractivity contribution >= 4 is 21.4 Å². The van der Waals surface area contributed by atoms with Crippen LogP contribution in [0.15, 0.2) is 41.1 Å². The van der Waals surface area contributed by atoms with E-state index in [1.54, 1.807) is 0 Å². The van der Waals surface area contributed by atoms with Crippen molar-refractivity contribution in [3.8, 4) is 0 Å². The van der Waals surface area contributed by atoms with E-state index in [1.807, 2.05) is 24.5 Å². The molecule has 0 unspecified atom stereocenters. The van der Waals surface area contributed by atoms with E-state index in [9.17, 15) is 0 Å². The Labute approximate surface area is 67.4 Å². The molecule has 0 spiro atoms. The fraction of sp³-hybridized carbons (Fsp3) is 0. The number of nitrogens with zero attached hydrogens (tertiary/aromatic N) is 1. The van der Waals surface area contributed by atoms with Gasteiger partial charge in [-0.15, -0.1) is 0 Å². The summed E-state index contributed by atoms with van der Waals surface area (Å²) in [6.07, 6.45) is 4.06. The normalized spacial score (nSPS) is 10.5. The minimum Gasteiger partial charge on any atom is -0.323 e. The van der Waals surface area contributed by atoms with E-state index in [1.165, 1.54) is 5.52 Å². The molecule has 0 fully saturated rings. The van der Waals surface area contributed by atoms with Crippen molar-refractivity contribution in [3.63, 3.8) is 0 Å². The molecule has 10 heavy (non-hydrogen) atoms. The van der Waals surface area contributed by atoms with E-state index in [0.29, 0.717) is 0 Å². The highest BCUT2D eigenvalue weighted by Gasteiger charge is 1.91. The van der Waals surface area contributed by atoms with Gasteiger partial charge in [0.15, 0.2) is 0 Å². The minimum absolute atomic E-state index is 1.12. The third-order valence-corrected chi connectivity index (χ3v) is 1.90. The minimum atomic E-state index is 1.12. The van der Waals surface area contributed by atoms with Gasteiger partial charge in [-0.2, -0.15) is 0 Å². The lowest BCUT2D eigenvalue weighted by Gasteiger charge is -1.88. The highest BCUT2D eigenvalue weighted by atomic mass is 79.9. The van der Waals surface area contributed by atoms with E-state index in [2.05, 4.69) is 32.5 Å². The first kappa shape index (κ1) is 5.98. The average molecular weight is 196 g/mol. The molecule has 0 aromatic carbocycles. The molecule has 0 amide bonds. The summed E-state index contributed by atoms with van der Waals surface area (Å²) in [5, 5.41) is 0. The maximum Gasteiger partial charge on any atom is 0.0461 e. The number of fused-ring (bicyclic) bond motifs is 1. The Morgan fingerprint density at radius 1 is 1.30 bits per heavy atom. The molecule has 0 aliphatic heterocycles. The van der Waals surface area contributed by atoms with Crippen LogP contribution in [0.4, 0.5) is 0 Å². The fourth-order valence-electron chi connectivity index (χ4n) is 1.02. The van der Waals surface area contributed by atoms with E-state index in [-0.39, 0.29) is 0 Å². The maximum absolute atomic E-state index is 3.40. The first-order valence-corrected chi connectivity index (χ1v) is 3.88. The fourth-order valence-corrected chi connectivity index (χ4v) is 1.48. The summed E-state index contributed by atoms with van der Waals surface area (Å²) in [6.45, 7) is 0. The van der Waals surface area contributed by atoms with Crippen molar-refractivity contribution in [2.45, 2.75) is 0 Å². The summed E-state index contributed by atoms with van der Waals surface area (Å²) in [5.41, 5.74) is 1.22. The molecule has 1 nitrogen and oxygen atoms in total. The van der Waals surface area contributed by atoms with Gasteiger partial charge in [0, 0.05) is 22.4 Å². The third-order valence-electron chi connectivity index (χ3n) is 1.47. The molecule has 0 aliphatic carbocycles. The zero-order valence-electron chi connectivity index (χ0n) is 5.29. The Balaban J connectivity index is 2.88. The SMILES string of the molecule is Brc1cc2ccccn2c1.